The van der Waals surface area contributed by atoms with E-state index in [9.17, 15) is 0 Å². The lowest BCUT2D eigenvalue weighted by molar-refractivity contribution is 0.223. The van der Waals surface area contributed by atoms with Gasteiger partial charge < -0.3 is 0 Å². The van der Waals surface area contributed by atoms with Crippen LogP contribution >= 0.6 is 0 Å². The zero-order valence-electron chi connectivity index (χ0n) is 26.0. The van der Waals surface area contributed by atoms with Crippen LogP contribution in [-0.2, 0) is 10.8 Å². The van der Waals surface area contributed by atoms with Crippen LogP contribution in [0, 0.1) is 66.2 Å². The summed E-state index contributed by atoms with van der Waals surface area (Å²) in [5, 5.41) is 0. The largest absolute Gasteiger partial charge is 0.0593 e. The molecule has 0 bridgehead atoms. The van der Waals surface area contributed by atoms with Crippen molar-refractivity contribution < 1.29 is 0 Å². The predicted molar refractivity (Wildman–Crippen MR) is 155 cm³/mol. The number of hydrogen-bond acceptors (Lipinski definition) is 0. The molecule has 0 amide bonds. The minimum Gasteiger partial charge on any atom is -0.0593 e. The molecule has 0 aliphatic heterocycles. The zero-order valence-corrected chi connectivity index (χ0v) is 26.0. The van der Waals surface area contributed by atoms with E-state index in [1.54, 1.807) is 0 Å². The molecular formula is C34H54. The average Bonchev–Trinajstić information content (AvgIpc) is 2.65. The highest BCUT2D eigenvalue weighted by Crippen LogP contribution is 2.50. The molecule has 0 unspecified atom stereocenters. The van der Waals surface area contributed by atoms with E-state index in [-0.39, 0.29) is 21.7 Å². The molecule has 0 heterocycles. The maximum absolute atomic E-state index is 2.43. The van der Waals surface area contributed by atoms with Crippen molar-refractivity contribution in [3.8, 4) is 11.1 Å². The summed E-state index contributed by atoms with van der Waals surface area (Å²) in [4.78, 5) is 0. The lowest BCUT2D eigenvalue weighted by atomic mass is 9.61. The number of hydrogen-bond donors (Lipinski definition) is 0. The van der Waals surface area contributed by atoms with Gasteiger partial charge in [-0.1, -0.05) is 69.2 Å². The molecule has 0 saturated carbocycles. The third-order valence-corrected chi connectivity index (χ3v) is 10.5. The molecule has 0 radical (unpaired) electrons. The Morgan fingerprint density at radius 2 is 0.471 bits per heavy atom. The number of rotatable bonds is 3. The summed E-state index contributed by atoms with van der Waals surface area (Å²) in [7, 11) is 0. The van der Waals surface area contributed by atoms with Gasteiger partial charge >= 0.3 is 0 Å². The average molecular weight is 463 g/mol. The highest BCUT2D eigenvalue weighted by molar-refractivity contribution is 5.82. The van der Waals surface area contributed by atoms with Crippen molar-refractivity contribution in [3.05, 3.63) is 55.6 Å². The van der Waals surface area contributed by atoms with Crippen LogP contribution in [-0.4, -0.2) is 0 Å². The fraction of sp³-hybridized carbons (Fsp3) is 0.647. The smallest absolute Gasteiger partial charge is 0.00496 e. The molecule has 0 atom stereocenters. The molecule has 34 heavy (non-hydrogen) atoms. The third-order valence-electron chi connectivity index (χ3n) is 10.5. The molecular weight excluding hydrogens is 408 g/mol. The van der Waals surface area contributed by atoms with Crippen LogP contribution in [0.1, 0.15) is 125 Å². The summed E-state index contributed by atoms with van der Waals surface area (Å²) in [6.07, 6.45) is 0. The summed E-state index contributed by atoms with van der Waals surface area (Å²) in [5.74, 6) is 0. The van der Waals surface area contributed by atoms with E-state index in [1.165, 1.54) is 66.8 Å². The van der Waals surface area contributed by atoms with Gasteiger partial charge in [0.1, 0.15) is 0 Å². The van der Waals surface area contributed by atoms with E-state index < -0.39 is 0 Å². The molecule has 0 nitrogen and oxygen atoms in total. The maximum Gasteiger partial charge on any atom is -0.00496 e. The topological polar surface area (TPSA) is 0 Å². The molecule has 2 aromatic rings. The monoisotopic (exact) mass is 462 g/mol. The van der Waals surface area contributed by atoms with Gasteiger partial charge in [0.15, 0.2) is 0 Å². The van der Waals surface area contributed by atoms with E-state index >= 15 is 0 Å². The SMILES string of the molecule is Cc1c(C)c(C(C)(C)C(C)(C)C)c(C)c(C)c1-c1c(C)c(C)c(C(C)(C)C(C)(C)C)c(C)c1C. The van der Waals surface area contributed by atoms with Crippen LogP contribution in [0.25, 0.3) is 11.1 Å². The zero-order chi connectivity index (χ0) is 26.9. The molecule has 0 fully saturated rings. The van der Waals surface area contributed by atoms with Crippen LogP contribution in [0.5, 0.6) is 0 Å². The quantitative estimate of drug-likeness (QED) is 0.425. The van der Waals surface area contributed by atoms with E-state index in [1.807, 2.05) is 0 Å². The van der Waals surface area contributed by atoms with E-state index in [0.29, 0.717) is 0 Å². The molecule has 0 saturated heterocycles. The summed E-state index contributed by atoms with van der Waals surface area (Å²) in [5.41, 5.74) is 18.2. The first kappa shape index (κ1) is 28.7. The molecule has 0 heteroatoms. The Morgan fingerprint density at radius 3 is 0.618 bits per heavy atom. The third kappa shape index (κ3) is 4.08. The van der Waals surface area contributed by atoms with E-state index in [4.69, 9.17) is 0 Å². The van der Waals surface area contributed by atoms with Crippen LogP contribution in [0.4, 0.5) is 0 Å². The molecule has 0 N–H and O–H groups in total. The maximum atomic E-state index is 2.43. The van der Waals surface area contributed by atoms with Crippen LogP contribution in [0.3, 0.4) is 0 Å². The van der Waals surface area contributed by atoms with Crippen molar-refractivity contribution in [3.63, 3.8) is 0 Å². The highest BCUT2D eigenvalue weighted by atomic mass is 14.4. The Hall–Kier alpha value is -1.56. The second-order valence-corrected chi connectivity index (χ2v) is 14.2. The van der Waals surface area contributed by atoms with Gasteiger partial charge in [-0.15, -0.1) is 0 Å². The lowest BCUT2D eigenvalue weighted by Gasteiger charge is -2.43. The van der Waals surface area contributed by atoms with Crippen LogP contribution < -0.4 is 0 Å². The minimum atomic E-state index is 0.0890. The van der Waals surface area contributed by atoms with Gasteiger partial charge in [-0.3, -0.25) is 0 Å². The van der Waals surface area contributed by atoms with Crippen molar-refractivity contribution in [1.29, 1.82) is 0 Å². The Kier molecular flexibility index (Phi) is 7.19. The second kappa shape index (κ2) is 8.53. The molecule has 2 rings (SSSR count). The first-order valence-corrected chi connectivity index (χ1v) is 13.2. The molecule has 0 spiro atoms. The number of benzene rings is 2. The van der Waals surface area contributed by atoms with E-state index in [2.05, 4.69) is 125 Å². The Labute approximate surface area is 213 Å². The molecule has 2 aromatic carbocycles. The molecule has 0 aliphatic carbocycles. The molecule has 0 aromatic heterocycles. The highest BCUT2D eigenvalue weighted by Gasteiger charge is 2.40. The summed E-state index contributed by atoms with van der Waals surface area (Å²) >= 11 is 0. The van der Waals surface area contributed by atoms with Crippen molar-refractivity contribution in [2.75, 3.05) is 0 Å². The molecule has 190 valence electrons. The Morgan fingerprint density at radius 1 is 0.294 bits per heavy atom. The van der Waals surface area contributed by atoms with Crippen molar-refractivity contribution in [2.45, 2.75) is 135 Å². The van der Waals surface area contributed by atoms with E-state index in [0.717, 1.165) is 0 Å². The van der Waals surface area contributed by atoms with Crippen LogP contribution in [0.2, 0.25) is 0 Å². The van der Waals surface area contributed by atoms with Crippen LogP contribution in [0.15, 0.2) is 0 Å². The standard InChI is InChI=1S/C34H54/c1-19-23(5)29(33(15,16)31(9,10)11)24(6)20(2)27(19)28-21(3)25(7)30(26(8)22(28)4)34(17,18)32(12,13)14/h1-18H3. The Balaban J connectivity index is 3.04. The minimum absolute atomic E-state index is 0.0890. The van der Waals surface area contributed by atoms with Crippen molar-refractivity contribution in [2.24, 2.45) is 10.8 Å². The summed E-state index contributed by atoms with van der Waals surface area (Å²) in [6, 6.07) is 0. The van der Waals surface area contributed by atoms with Gasteiger partial charge in [-0.05, 0) is 144 Å². The van der Waals surface area contributed by atoms with Gasteiger partial charge in [-0.2, -0.15) is 0 Å². The van der Waals surface area contributed by atoms with Crippen molar-refractivity contribution >= 4 is 0 Å². The summed E-state index contributed by atoms with van der Waals surface area (Å²) in [6.45, 7) is 42.8. The lowest BCUT2D eigenvalue weighted by Crippen LogP contribution is -2.36. The fourth-order valence-corrected chi connectivity index (χ4v) is 6.00. The summed E-state index contributed by atoms with van der Waals surface area (Å²) < 4.78 is 0. The molecule has 0 aliphatic rings. The van der Waals surface area contributed by atoms with Crippen molar-refractivity contribution in [1.82, 2.24) is 0 Å². The van der Waals surface area contributed by atoms with Gasteiger partial charge in [0, 0.05) is 0 Å². The fourth-order valence-electron chi connectivity index (χ4n) is 6.00. The van der Waals surface area contributed by atoms with Gasteiger partial charge in [-0.25, -0.2) is 0 Å². The van der Waals surface area contributed by atoms with Gasteiger partial charge in [0.25, 0.3) is 0 Å². The van der Waals surface area contributed by atoms with Gasteiger partial charge in [0.05, 0.1) is 0 Å². The predicted octanol–water partition coefficient (Wildman–Crippen LogP) is 10.5. The first-order valence-electron chi connectivity index (χ1n) is 13.2. The second-order valence-electron chi connectivity index (χ2n) is 14.2. The van der Waals surface area contributed by atoms with Gasteiger partial charge in [0.2, 0.25) is 0 Å². The first-order chi connectivity index (χ1) is 15.0. The Bertz CT molecular complexity index is 969. The normalized spacial score (nSPS) is 13.6.